The van der Waals surface area contributed by atoms with Gasteiger partial charge in [-0.2, -0.15) is 0 Å². The van der Waals surface area contributed by atoms with Crippen LogP contribution in [0.4, 0.5) is 11.4 Å². The Morgan fingerprint density at radius 1 is 0.688 bits per heavy atom. The van der Waals surface area contributed by atoms with E-state index in [0.717, 1.165) is 11.4 Å². The summed E-state index contributed by atoms with van der Waals surface area (Å²) in [4.78, 5) is 14.2. The molecule has 90 valence electrons. The molecule has 0 atom stereocenters. The Bertz CT molecular complexity index is 362. The van der Waals surface area contributed by atoms with Crippen molar-refractivity contribution >= 4 is 55.3 Å². The number of hydrogen-bond acceptors (Lipinski definition) is 2. The maximum atomic E-state index is 6.23. The van der Waals surface area contributed by atoms with Crippen LogP contribution in [0.5, 0.6) is 0 Å². The fraction of sp³-hybridized carbons (Fsp3) is 0.500. The Labute approximate surface area is 108 Å². The van der Waals surface area contributed by atoms with Gasteiger partial charge < -0.3 is 0 Å². The van der Waals surface area contributed by atoms with Crippen LogP contribution in [0.25, 0.3) is 0 Å². The third-order valence-electron chi connectivity index (χ3n) is 2.90. The molecule has 0 aromatic heterocycles. The molecule has 0 saturated heterocycles. The second kappa shape index (κ2) is 4.59. The van der Waals surface area contributed by atoms with Crippen LogP contribution in [0, 0.1) is 0 Å². The van der Waals surface area contributed by atoms with Crippen molar-refractivity contribution in [3.05, 3.63) is 12.1 Å². The van der Waals surface area contributed by atoms with E-state index in [9.17, 15) is 0 Å². The standard InChI is InChI=1S/C6H6N2.6CH3.2Sn/c7-5-3-1-2-4-6(5)8;;;;;;;;/h1-2H,7-8H2;6*1H3;;. The van der Waals surface area contributed by atoms with E-state index < -0.39 is 36.8 Å². The fourth-order valence-electron chi connectivity index (χ4n) is 1.94. The summed E-state index contributed by atoms with van der Waals surface area (Å²) in [7, 11) is 0. The summed E-state index contributed by atoms with van der Waals surface area (Å²) >= 11 is -4.21. The Morgan fingerprint density at radius 2 is 0.938 bits per heavy atom. The minimum absolute atomic E-state index is 0.882. The molecule has 16 heavy (non-hydrogen) atoms. The number of benzene rings is 1. The van der Waals surface area contributed by atoms with Gasteiger partial charge in [0.1, 0.15) is 0 Å². The molecular formula is C12H24N2Sn2. The van der Waals surface area contributed by atoms with Gasteiger partial charge in [-0.25, -0.2) is 0 Å². The molecule has 4 N–H and O–H groups in total. The summed E-state index contributed by atoms with van der Waals surface area (Å²) in [6.07, 6.45) is 0. The van der Waals surface area contributed by atoms with Crippen LogP contribution in [0.15, 0.2) is 12.1 Å². The third-order valence-corrected chi connectivity index (χ3v) is 14.6. The van der Waals surface area contributed by atoms with Gasteiger partial charge in [0.25, 0.3) is 0 Å². The molecule has 1 aromatic carbocycles. The van der Waals surface area contributed by atoms with Crippen LogP contribution in [-0.2, 0) is 0 Å². The van der Waals surface area contributed by atoms with Gasteiger partial charge in [-0.3, -0.25) is 0 Å². The molecule has 2 nitrogen and oxygen atoms in total. The first kappa shape index (κ1) is 14.5. The third kappa shape index (κ3) is 3.00. The first-order chi connectivity index (χ1) is 7.05. The van der Waals surface area contributed by atoms with Crippen molar-refractivity contribution in [2.75, 3.05) is 11.5 Å². The van der Waals surface area contributed by atoms with Crippen molar-refractivity contribution in [1.29, 1.82) is 0 Å². The molecule has 0 saturated carbocycles. The molecule has 0 bridgehead atoms. The van der Waals surface area contributed by atoms with E-state index in [-0.39, 0.29) is 0 Å². The summed E-state index contributed by atoms with van der Waals surface area (Å²) in [5.74, 6) is 0. The van der Waals surface area contributed by atoms with Gasteiger partial charge in [0.05, 0.1) is 0 Å². The molecule has 0 aliphatic rings. The summed E-state index contributed by atoms with van der Waals surface area (Å²) in [6.45, 7) is 0. The Hall–Kier alpha value is 0.417. The Kier molecular flexibility index (Phi) is 4.16. The monoisotopic (exact) mass is 436 g/mol. The fourth-order valence-corrected chi connectivity index (χ4v) is 10.7. The second-order valence-corrected chi connectivity index (χ2v) is 35.2. The summed E-state index contributed by atoms with van der Waals surface area (Å²) in [6, 6.07) is 4.50. The van der Waals surface area contributed by atoms with Crippen molar-refractivity contribution in [2.24, 2.45) is 0 Å². The van der Waals surface area contributed by atoms with Gasteiger partial charge in [-0.15, -0.1) is 0 Å². The van der Waals surface area contributed by atoms with Crippen molar-refractivity contribution in [3.63, 3.8) is 0 Å². The van der Waals surface area contributed by atoms with E-state index in [4.69, 9.17) is 11.5 Å². The molecule has 0 aliphatic heterocycles. The molecule has 0 amide bonds. The first-order valence-corrected chi connectivity index (χ1v) is 25.7. The van der Waals surface area contributed by atoms with Crippen molar-refractivity contribution in [2.45, 2.75) is 29.6 Å². The van der Waals surface area contributed by atoms with Crippen LogP contribution in [-0.4, -0.2) is 36.8 Å². The number of anilines is 2. The molecular weight excluding hydrogens is 410 g/mol. The summed E-state index contributed by atoms with van der Waals surface area (Å²) < 4.78 is 2.73. The predicted octanol–water partition coefficient (Wildman–Crippen LogP) is 1.94. The zero-order valence-corrected chi connectivity index (χ0v) is 17.0. The van der Waals surface area contributed by atoms with Gasteiger partial charge in [0.15, 0.2) is 0 Å². The quantitative estimate of drug-likeness (QED) is 0.553. The van der Waals surface area contributed by atoms with Gasteiger partial charge >= 0.3 is 109 Å². The number of nitrogen functional groups attached to an aromatic ring is 2. The summed E-state index contributed by atoms with van der Waals surface area (Å²) in [5, 5.41) is 0. The molecule has 0 fully saturated rings. The molecule has 4 heteroatoms. The normalized spacial score (nSPS) is 12.9. The molecule has 0 aliphatic carbocycles. The van der Waals surface area contributed by atoms with E-state index in [2.05, 4.69) is 41.8 Å². The van der Waals surface area contributed by atoms with Crippen molar-refractivity contribution in [3.8, 4) is 0 Å². The number of hydrogen-bond donors (Lipinski definition) is 2. The number of nitrogens with two attached hydrogens (primary N) is 2. The van der Waals surface area contributed by atoms with Crippen LogP contribution in [0.3, 0.4) is 0 Å². The summed E-state index contributed by atoms with van der Waals surface area (Å²) in [5.41, 5.74) is 14.2. The molecule has 0 spiro atoms. The average molecular weight is 434 g/mol. The van der Waals surface area contributed by atoms with Crippen LogP contribution in [0.2, 0.25) is 29.6 Å². The SMILES string of the molecule is [CH3][Sn]([CH3])([CH3])[c]1cc[c]([Sn]([CH3])([CH3])[CH3])c(N)c1N. The molecule has 0 heterocycles. The zero-order valence-electron chi connectivity index (χ0n) is 11.3. The molecule has 0 unspecified atom stereocenters. The van der Waals surface area contributed by atoms with Crippen LogP contribution in [0.1, 0.15) is 0 Å². The van der Waals surface area contributed by atoms with Crippen molar-refractivity contribution < 1.29 is 0 Å². The van der Waals surface area contributed by atoms with Gasteiger partial charge in [-0.1, -0.05) is 0 Å². The van der Waals surface area contributed by atoms with Crippen molar-refractivity contribution in [1.82, 2.24) is 0 Å². The van der Waals surface area contributed by atoms with Crippen LogP contribution >= 0.6 is 0 Å². The maximum absolute atomic E-state index is 6.23. The van der Waals surface area contributed by atoms with E-state index in [0.29, 0.717) is 0 Å². The predicted molar refractivity (Wildman–Crippen MR) is 81.2 cm³/mol. The first-order valence-electron chi connectivity index (χ1n) is 5.74. The number of rotatable bonds is 2. The topological polar surface area (TPSA) is 52.0 Å². The second-order valence-electron chi connectivity index (χ2n) is 6.49. The molecule has 1 rings (SSSR count). The zero-order chi connectivity index (χ0) is 12.7. The Morgan fingerprint density at radius 3 is 1.12 bits per heavy atom. The van der Waals surface area contributed by atoms with Gasteiger partial charge in [-0.05, 0) is 0 Å². The van der Waals surface area contributed by atoms with E-state index >= 15 is 0 Å². The van der Waals surface area contributed by atoms with Gasteiger partial charge in [0, 0.05) is 0 Å². The van der Waals surface area contributed by atoms with E-state index in [1.54, 1.807) is 0 Å². The Balaban J connectivity index is 3.41. The molecule has 0 radical (unpaired) electrons. The van der Waals surface area contributed by atoms with Gasteiger partial charge in [0.2, 0.25) is 0 Å². The van der Waals surface area contributed by atoms with E-state index in [1.807, 2.05) is 0 Å². The minimum atomic E-state index is -2.11. The van der Waals surface area contributed by atoms with Crippen LogP contribution < -0.4 is 18.6 Å². The molecule has 1 aromatic rings. The van der Waals surface area contributed by atoms with E-state index in [1.165, 1.54) is 7.16 Å². The average Bonchev–Trinajstić information content (AvgIpc) is 2.05.